The Bertz CT molecular complexity index is 820. The second-order valence-corrected chi connectivity index (χ2v) is 10.9. The second-order valence-electron chi connectivity index (χ2n) is 9.98. The Morgan fingerprint density at radius 2 is 1.82 bits per heavy atom. The van der Waals surface area contributed by atoms with Crippen LogP contribution in [0.4, 0.5) is 4.79 Å². The van der Waals surface area contributed by atoms with Crippen molar-refractivity contribution in [3.63, 3.8) is 0 Å². The van der Waals surface area contributed by atoms with E-state index in [9.17, 15) is 19.5 Å². The number of aromatic carboxylic acids is 1. The number of carbonyl (C=O) groups is 3. The van der Waals surface area contributed by atoms with Gasteiger partial charge < -0.3 is 25.2 Å². The van der Waals surface area contributed by atoms with E-state index in [1.165, 1.54) is 5.38 Å². The number of thiazole rings is 1. The Morgan fingerprint density at radius 3 is 2.26 bits per heavy atom. The van der Waals surface area contributed by atoms with Crippen LogP contribution in [0.3, 0.4) is 0 Å². The first-order chi connectivity index (χ1) is 15.7. The van der Waals surface area contributed by atoms with Gasteiger partial charge in [0.2, 0.25) is 5.91 Å². The fraction of sp³-hybridized carbons (Fsp3) is 0.750. The summed E-state index contributed by atoms with van der Waals surface area (Å²) in [5.74, 6) is -1.50. The van der Waals surface area contributed by atoms with Crippen LogP contribution in [0.1, 0.15) is 96.3 Å². The molecule has 4 atom stereocenters. The summed E-state index contributed by atoms with van der Waals surface area (Å²) in [6, 6.07) is -1.12. The van der Waals surface area contributed by atoms with Crippen LogP contribution in [-0.4, -0.2) is 62.3 Å². The first-order valence-corrected chi connectivity index (χ1v) is 12.8. The normalized spacial score (nSPS) is 15.4. The molecule has 1 aromatic rings. The summed E-state index contributed by atoms with van der Waals surface area (Å²) < 4.78 is 5.39. The Morgan fingerprint density at radius 1 is 1.21 bits per heavy atom. The number of hydrogen-bond acceptors (Lipinski definition) is 7. The minimum atomic E-state index is -1.15. The molecule has 1 rings (SSSR count). The molecule has 194 valence electrons. The zero-order valence-corrected chi connectivity index (χ0v) is 22.4. The molecule has 0 aliphatic heterocycles. The van der Waals surface area contributed by atoms with Gasteiger partial charge in [-0.05, 0) is 39.0 Å². The van der Waals surface area contributed by atoms with E-state index in [0.717, 1.165) is 11.3 Å². The highest BCUT2D eigenvalue weighted by Gasteiger charge is 2.36. The molecule has 0 spiro atoms. The summed E-state index contributed by atoms with van der Waals surface area (Å²) >= 11 is 1.08. The molecule has 34 heavy (non-hydrogen) atoms. The van der Waals surface area contributed by atoms with E-state index in [2.05, 4.69) is 10.3 Å². The third-order valence-corrected chi connectivity index (χ3v) is 6.51. The molecule has 0 saturated heterocycles. The number of aliphatic hydroxyl groups is 1. The summed E-state index contributed by atoms with van der Waals surface area (Å²) in [6.45, 7) is 15.5. The molecule has 0 aliphatic rings. The molecule has 9 nitrogen and oxygen atoms in total. The van der Waals surface area contributed by atoms with Crippen molar-refractivity contribution < 1.29 is 29.3 Å². The maximum Gasteiger partial charge on any atom is 0.408 e. The van der Waals surface area contributed by atoms with Crippen LogP contribution in [0.25, 0.3) is 0 Å². The third kappa shape index (κ3) is 8.87. The molecule has 0 aromatic carbocycles. The number of amides is 2. The number of hydrogen-bond donors (Lipinski definition) is 3. The zero-order valence-electron chi connectivity index (χ0n) is 21.6. The molecule has 0 unspecified atom stereocenters. The monoisotopic (exact) mass is 499 g/mol. The van der Waals surface area contributed by atoms with Crippen molar-refractivity contribution in [1.82, 2.24) is 15.2 Å². The Kier molecular flexibility index (Phi) is 11.4. The first kappa shape index (κ1) is 29.8. The van der Waals surface area contributed by atoms with E-state index in [0.29, 0.717) is 24.4 Å². The number of aromatic nitrogens is 1. The quantitative estimate of drug-likeness (QED) is 0.387. The molecule has 0 radical (unpaired) electrons. The highest BCUT2D eigenvalue weighted by molar-refractivity contribution is 7.09. The molecular formula is C24H41N3O6S. The van der Waals surface area contributed by atoms with Crippen LogP contribution in [0.15, 0.2) is 5.38 Å². The van der Waals surface area contributed by atoms with Gasteiger partial charge in [0, 0.05) is 24.4 Å². The van der Waals surface area contributed by atoms with Gasteiger partial charge in [-0.3, -0.25) is 4.79 Å². The number of rotatable bonds is 12. The van der Waals surface area contributed by atoms with E-state index >= 15 is 0 Å². The highest BCUT2D eigenvalue weighted by Crippen LogP contribution is 2.28. The van der Waals surface area contributed by atoms with Gasteiger partial charge in [0.05, 0.1) is 0 Å². The lowest BCUT2D eigenvalue weighted by Crippen LogP contribution is -2.56. The molecule has 10 heteroatoms. The summed E-state index contributed by atoms with van der Waals surface area (Å²) in [7, 11) is 0. The summed E-state index contributed by atoms with van der Waals surface area (Å²) in [4.78, 5) is 43.2. The highest BCUT2D eigenvalue weighted by atomic mass is 32.1. The van der Waals surface area contributed by atoms with Crippen molar-refractivity contribution in [2.24, 2.45) is 11.8 Å². The Hall–Kier alpha value is -2.20. The number of carbonyl (C=O) groups excluding carboxylic acids is 2. The van der Waals surface area contributed by atoms with Crippen LogP contribution >= 0.6 is 11.3 Å². The van der Waals surface area contributed by atoms with Gasteiger partial charge in [-0.15, -0.1) is 11.3 Å². The van der Waals surface area contributed by atoms with Crippen molar-refractivity contribution in [2.45, 2.75) is 98.4 Å². The minimum Gasteiger partial charge on any atom is -0.476 e. The lowest BCUT2D eigenvalue weighted by molar-refractivity contribution is -0.139. The fourth-order valence-corrected chi connectivity index (χ4v) is 4.39. The summed E-state index contributed by atoms with van der Waals surface area (Å²) in [6.07, 6.45) is -0.0786. The number of alkyl carbamates (subject to hydrolysis) is 1. The molecule has 1 heterocycles. The largest absolute Gasteiger partial charge is 0.476 e. The van der Waals surface area contributed by atoms with Crippen LogP contribution in [-0.2, 0) is 9.53 Å². The molecule has 2 amide bonds. The molecule has 0 aliphatic carbocycles. The lowest BCUT2D eigenvalue weighted by Gasteiger charge is -2.39. The third-order valence-electron chi connectivity index (χ3n) is 5.56. The number of carboxylic acid groups (broad SMARTS) is 1. The maximum absolute atomic E-state index is 13.8. The molecule has 0 fully saturated rings. The van der Waals surface area contributed by atoms with Gasteiger partial charge in [-0.2, -0.15) is 0 Å². The summed E-state index contributed by atoms with van der Waals surface area (Å²) in [5.41, 5.74) is -0.802. The zero-order chi connectivity index (χ0) is 26.2. The van der Waals surface area contributed by atoms with Gasteiger partial charge in [-0.25, -0.2) is 14.6 Å². The van der Waals surface area contributed by atoms with E-state index in [1.807, 2.05) is 34.6 Å². The number of carboxylic acids is 1. The van der Waals surface area contributed by atoms with Gasteiger partial charge in [0.15, 0.2) is 5.69 Å². The van der Waals surface area contributed by atoms with E-state index in [4.69, 9.17) is 9.84 Å². The van der Waals surface area contributed by atoms with E-state index < -0.39 is 29.8 Å². The molecular weight excluding hydrogens is 458 g/mol. The number of nitrogens with one attached hydrogen (secondary N) is 1. The molecule has 0 bridgehead atoms. The lowest BCUT2D eigenvalue weighted by atomic mass is 9.92. The van der Waals surface area contributed by atoms with Gasteiger partial charge in [0.25, 0.3) is 0 Å². The van der Waals surface area contributed by atoms with Crippen molar-refractivity contribution >= 4 is 29.3 Å². The Balaban J connectivity index is 3.19. The van der Waals surface area contributed by atoms with Crippen LogP contribution in [0.5, 0.6) is 0 Å². The van der Waals surface area contributed by atoms with E-state index in [1.54, 1.807) is 25.7 Å². The van der Waals surface area contributed by atoms with Crippen molar-refractivity contribution in [2.75, 3.05) is 6.54 Å². The van der Waals surface area contributed by atoms with Crippen molar-refractivity contribution in [1.29, 1.82) is 0 Å². The average Bonchev–Trinajstić information content (AvgIpc) is 3.22. The number of ether oxygens (including phenoxy) is 1. The SMILES string of the molecule is CCCN(C(=O)[C@@H](NC(=O)OC(C)(C)C)[C@@H](C)CC)[C@H](C[C@@H](O)c1nc(C(=O)O)cs1)C(C)C. The van der Waals surface area contributed by atoms with Gasteiger partial charge in [-0.1, -0.05) is 41.0 Å². The number of aliphatic hydroxyl groups excluding tert-OH is 1. The summed E-state index contributed by atoms with van der Waals surface area (Å²) in [5, 5.41) is 24.4. The number of nitrogens with zero attached hydrogens (tertiary/aromatic N) is 2. The first-order valence-electron chi connectivity index (χ1n) is 11.9. The minimum absolute atomic E-state index is 0.00293. The van der Waals surface area contributed by atoms with Gasteiger partial charge in [0.1, 0.15) is 22.8 Å². The fourth-order valence-electron chi connectivity index (χ4n) is 3.60. The van der Waals surface area contributed by atoms with Crippen molar-refractivity contribution in [3.8, 4) is 0 Å². The van der Waals surface area contributed by atoms with Gasteiger partial charge >= 0.3 is 12.1 Å². The molecule has 1 aromatic heterocycles. The predicted molar refractivity (Wildman–Crippen MR) is 132 cm³/mol. The molecule has 3 N–H and O–H groups in total. The topological polar surface area (TPSA) is 129 Å². The van der Waals surface area contributed by atoms with Crippen LogP contribution in [0, 0.1) is 11.8 Å². The maximum atomic E-state index is 13.8. The standard InChI is InChI=1S/C24H41N3O6S/c1-9-11-27(21(29)19(15(5)10-2)26-23(32)33-24(6,7)8)17(14(3)4)12-18(28)20-25-16(13-34-20)22(30)31/h13-15,17-19,28H,9-12H2,1-8H3,(H,26,32)(H,30,31)/t15-,17+,18+,19-/m0/s1. The molecule has 0 saturated carbocycles. The van der Waals surface area contributed by atoms with E-state index in [-0.39, 0.29) is 35.9 Å². The van der Waals surface area contributed by atoms with Crippen LogP contribution in [0.2, 0.25) is 0 Å². The van der Waals surface area contributed by atoms with Crippen LogP contribution < -0.4 is 5.32 Å². The second kappa shape index (κ2) is 13.0. The Labute approximate surface area is 206 Å². The van der Waals surface area contributed by atoms with Crippen molar-refractivity contribution in [3.05, 3.63) is 16.1 Å². The smallest absolute Gasteiger partial charge is 0.408 e. The average molecular weight is 500 g/mol. The predicted octanol–water partition coefficient (Wildman–Crippen LogP) is 4.47.